The van der Waals surface area contributed by atoms with E-state index < -0.39 is 0 Å². The molecule has 3 heteroatoms. The van der Waals surface area contributed by atoms with Crippen LogP contribution in [0.15, 0.2) is 24.3 Å². The van der Waals surface area contributed by atoms with Crippen molar-refractivity contribution in [3.63, 3.8) is 0 Å². The Bertz CT molecular complexity index is 314. The van der Waals surface area contributed by atoms with E-state index in [4.69, 9.17) is 9.47 Å². The average Bonchev–Trinajstić information content (AvgIpc) is 2.27. The van der Waals surface area contributed by atoms with Crippen molar-refractivity contribution in [3.05, 3.63) is 35.4 Å². The van der Waals surface area contributed by atoms with Gasteiger partial charge < -0.3 is 9.47 Å². The molecule has 3 nitrogen and oxygen atoms in total. The van der Waals surface area contributed by atoms with Gasteiger partial charge in [0.25, 0.3) is 0 Å². The van der Waals surface area contributed by atoms with Crippen LogP contribution < -0.4 is 5.32 Å². The van der Waals surface area contributed by atoms with Crippen molar-refractivity contribution in [2.45, 2.75) is 18.9 Å². The third-order valence-electron chi connectivity index (χ3n) is 2.64. The fraction of sp³-hybridized carbons (Fsp3) is 0.455. The molecule has 0 amide bonds. The van der Waals surface area contributed by atoms with Crippen LogP contribution >= 0.6 is 0 Å². The predicted molar refractivity (Wildman–Crippen MR) is 53.8 cm³/mol. The lowest BCUT2D eigenvalue weighted by molar-refractivity contribution is -0.0625. The third-order valence-corrected chi connectivity index (χ3v) is 2.64. The zero-order valence-electron chi connectivity index (χ0n) is 8.49. The minimum absolute atomic E-state index is 0.00931. The highest BCUT2D eigenvalue weighted by atomic mass is 16.5. The van der Waals surface area contributed by atoms with E-state index in [0.29, 0.717) is 0 Å². The molecule has 1 heterocycles. The molecule has 1 aliphatic heterocycles. The van der Waals surface area contributed by atoms with E-state index in [0.717, 1.165) is 6.54 Å². The Labute approximate surface area is 84.0 Å². The number of benzene rings is 1. The van der Waals surface area contributed by atoms with Crippen molar-refractivity contribution >= 4 is 0 Å². The molecule has 2 atom stereocenters. The van der Waals surface area contributed by atoms with E-state index >= 15 is 0 Å². The van der Waals surface area contributed by atoms with Crippen LogP contribution in [0.1, 0.15) is 17.2 Å². The second-order valence-electron chi connectivity index (χ2n) is 3.39. The average molecular weight is 193 g/mol. The Morgan fingerprint density at radius 2 is 2.00 bits per heavy atom. The molecule has 0 bridgehead atoms. The number of fused-ring (bicyclic) bond motifs is 1. The maximum absolute atomic E-state index is 5.43. The largest absolute Gasteiger partial charge is 0.373 e. The van der Waals surface area contributed by atoms with Gasteiger partial charge in [0.15, 0.2) is 0 Å². The fourth-order valence-electron chi connectivity index (χ4n) is 1.91. The van der Waals surface area contributed by atoms with E-state index in [1.807, 2.05) is 12.1 Å². The summed E-state index contributed by atoms with van der Waals surface area (Å²) in [6, 6.07) is 8.28. The lowest BCUT2D eigenvalue weighted by Crippen LogP contribution is -2.41. The number of nitrogens with one attached hydrogen (secondary N) is 1. The monoisotopic (exact) mass is 193 g/mol. The van der Waals surface area contributed by atoms with E-state index in [1.165, 1.54) is 11.1 Å². The summed E-state index contributed by atoms with van der Waals surface area (Å²) in [7, 11) is 3.40. The van der Waals surface area contributed by atoms with Crippen molar-refractivity contribution in [2.75, 3.05) is 14.2 Å². The molecule has 1 aliphatic rings. The molecule has 1 N–H and O–H groups in total. The normalized spacial score (nSPS) is 25.9. The fourth-order valence-corrected chi connectivity index (χ4v) is 1.91. The number of hydrogen-bond donors (Lipinski definition) is 1. The van der Waals surface area contributed by atoms with Crippen LogP contribution in [-0.4, -0.2) is 20.4 Å². The molecule has 0 saturated carbocycles. The topological polar surface area (TPSA) is 30.5 Å². The summed E-state index contributed by atoms with van der Waals surface area (Å²) in [6.45, 7) is 0.842. The molecule has 0 saturated heterocycles. The summed E-state index contributed by atoms with van der Waals surface area (Å²) in [5.74, 6) is 0. The molecule has 0 radical (unpaired) electrons. The van der Waals surface area contributed by atoms with Crippen molar-refractivity contribution in [2.24, 2.45) is 0 Å². The van der Waals surface area contributed by atoms with Gasteiger partial charge >= 0.3 is 0 Å². The molecule has 0 aromatic heterocycles. The second-order valence-corrected chi connectivity index (χ2v) is 3.39. The van der Waals surface area contributed by atoms with Crippen LogP contribution in [0.25, 0.3) is 0 Å². The summed E-state index contributed by atoms with van der Waals surface area (Å²) in [5, 5.41) is 3.28. The summed E-state index contributed by atoms with van der Waals surface area (Å²) < 4.78 is 10.7. The maximum Gasteiger partial charge on any atom is 0.138 e. The third kappa shape index (κ3) is 1.54. The lowest BCUT2D eigenvalue weighted by atomic mass is 9.97. The van der Waals surface area contributed by atoms with Gasteiger partial charge in [-0.25, -0.2) is 0 Å². The molecular weight excluding hydrogens is 178 g/mol. The quantitative estimate of drug-likeness (QED) is 0.771. The first kappa shape index (κ1) is 9.65. The first-order valence-corrected chi connectivity index (χ1v) is 4.73. The van der Waals surface area contributed by atoms with Gasteiger partial charge in [-0.1, -0.05) is 24.3 Å². The molecular formula is C11H15NO2. The van der Waals surface area contributed by atoms with E-state index in [2.05, 4.69) is 17.4 Å². The number of methoxy groups -OCH3 is 2. The van der Waals surface area contributed by atoms with E-state index in [-0.39, 0.29) is 12.3 Å². The van der Waals surface area contributed by atoms with Gasteiger partial charge in [-0.05, 0) is 11.1 Å². The van der Waals surface area contributed by atoms with Gasteiger partial charge in [-0.2, -0.15) is 0 Å². The van der Waals surface area contributed by atoms with Gasteiger partial charge in [0.1, 0.15) is 12.3 Å². The predicted octanol–water partition coefficient (Wildman–Crippen LogP) is 1.45. The minimum Gasteiger partial charge on any atom is -0.373 e. The molecule has 14 heavy (non-hydrogen) atoms. The molecule has 0 fully saturated rings. The van der Waals surface area contributed by atoms with Crippen LogP contribution in [0.4, 0.5) is 0 Å². The molecule has 0 aliphatic carbocycles. The van der Waals surface area contributed by atoms with Crippen LogP contribution in [-0.2, 0) is 16.0 Å². The Kier molecular flexibility index (Phi) is 2.82. The highest BCUT2D eigenvalue weighted by molar-refractivity contribution is 5.31. The first-order chi connectivity index (χ1) is 6.86. The van der Waals surface area contributed by atoms with Crippen molar-refractivity contribution in [1.82, 2.24) is 5.32 Å². The Balaban J connectivity index is 2.34. The standard InChI is InChI=1S/C11H15NO2/c1-13-10-9-6-4-3-5-8(9)7-12-11(10)14-2/h3-6,10-12H,7H2,1-2H3. The van der Waals surface area contributed by atoms with Crippen LogP contribution in [0.5, 0.6) is 0 Å². The highest BCUT2D eigenvalue weighted by Crippen LogP contribution is 2.28. The van der Waals surface area contributed by atoms with Crippen LogP contribution in [0, 0.1) is 0 Å². The summed E-state index contributed by atoms with van der Waals surface area (Å²) >= 11 is 0. The zero-order valence-corrected chi connectivity index (χ0v) is 8.49. The van der Waals surface area contributed by atoms with Crippen LogP contribution in [0.3, 0.4) is 0 Å². The van der Waals surface area contributed by atoms with E-state index in [1.54, 1.807) is 14.2 Å². The number of rotatable bonds is 2. The highest BCUT2D eigenvalue weighted by Gasteiger charge is 2.28. The summed E-state index contributed by atoms with van der Waals surface area (Å²) in [4.78, 5) is 0. The smallest absolute Gasteiger partial charge is 0.138 e. The van der Waals surface area contributed by atoms with Gasteiger partial charge in [0.05, 0.1) is 0 Å². The SMILES string of the molecule is COC1NCc2ccccc2C1OC. The van der Waals surface area contributed by atoms with Gasteiger partial charge in [-0.3, -0.25) is 5.32 Å². The molecule has 2 unspecified atom stereocenters. The maximum atomic E-state index is 5.43. The molecule has 1 aromatic rings. The van der Waals surface area contributed by atoms with Gasteiger partial charge in [-0.15, -0.1) is 0 Å². The Morgan fingerprint density at radius 3 is 2.71 bits per heavy atom. The molecule has 76 valence electrons. The zero-order chi connectivity index (χ0) is 9.97. The number of ether oxygens (including phenoxy) is 2. The summed E-state index contributed by atoms with van der Waals surface area (Å²) in [5.41, 5.74) is 2.51. The Hall–Kier alpha value is -0.900. The van der Waals surface area contributed by atoms with Crippen molar-refractivity contribution in [3.8, 4) is 0 Å². The van der Waals surface area contributed by atoms with Crippen molar-refractivity contribution in [1.29, 1.82) is 0 Å². The molecule has 0 spiro atoms. The summed E-state index contributed by atoms with van der Waals surface area (Å²) in [6.07, 6.45) is -0.0557. The molecule has 2 rings (SSSR count). The number of hydrogen-bond acceptors (Lipinski definition) is 3. The second kappa shape index (κ2) is 4.09. The minimum atomic E-state index is -0.0464. The van der Waals surface area contributed by atoms with Gasteiger partial charge in [0, 0.05) is 20.8 Å². The Morgan fingerprint density at radius 1 is 1.21 bits per heavy atom. The van der Waals surface area contributed by atoms with Crippen molar-refractivity contribution < 1.29 is 9.47 Å². The van der Waals surface area contributed by atoms with Gasteiger partial charge in [0.2, 0.25) is 0 Å². The van der Waals surface area contributed by atoms with Crippen LogP contribution in [0.2, 0.25) is 0 Å². The lowest BCUT2D eigenvalue weighted by Gasteiger charge is -2.32. The first-order valence-electron chi connectivity index (χ1n) is 4.73. The van der Waals surface area contributed by atoms with E-state index in [9.17, 15) is 0 Å². The molecule has 1 aromatic carbocycles.